The van der Waals surface area contributed by atoms with E-state index in [0.29, 0.717) is 12.3 Å². The van der Waals surface area contributed by atoms with Crippen molar-refractivity contribution in [2.75, 3.05) is 19.6 Å². The molecular weight excluding hydrogens is 236 g/mol. The second-order valence-corrected chi connectivity index (χ2v) is 7.24. The number of hydrogen-bond donors (Lipinski definition) is 1. The molecule has 0 saturated carbocycles. The number of carbonyl (C=O) groups is 1. The van der Waals surface area contributed by atoms with Crippen LogP contribution in [0.4, 0.5) is 0 Å². The van der Waals surface area contributed by atoms with Crippen molar-refractivity contribution in [2.24, 2.45) is 11.8 Å². The third kappa shape index (κ3) is 6.42. The molecule has 1 atom stereocenters. The minimum absolute atomic E-state index is 0.0990. The van der Waals surface area contributed by atoms with Gasteiger partial charge in [0.1, 0.15) is 0 Å². The van der Waals surface area contributed by atoms with Crippen molar-refractivity contribution in [3.8, 4) is 0 Å². The van der Waals surface area contributed by atoms with E-state index in [1.807, 2.05) is 0 Å². The van der Waals surface area contributed by atoms with Crippen LogP contribution < -0.4 is 5.32 Å². The maximum Gasteiger partial charge on any atom is 0.223 e. The van der Waals surface area contributed by atoms with E-state index in [9.17, 15) is 4.79 Å². The molecule has 1 saturated heterocycles. The molecule has 0 aromatic rings. The van der Waals surface area contributed by atoms with Crippen molar-refractivity contribution in [2.45, 2.75) is 65.8 Å². The first-order valence-electron chi connectivity index (χ1n) is 7.82. The second-order valence-electron chi connectivity index (χ2n) is 7.24. The molecule has 1 unspecified atom stereocenters. The molecule has 1 heterocycles. The van der Waals surface area contributed by atoms with Gasteiger partial charge in [0.05, 0.1) is 0 Å². The number of rotatable bonds is 4. The molecular formula is C16H32N2O. The lowest BCUT2D eigenvalue weighted by Gasteiger charge is -2.24. The summed E-state index contributed by atoms with van der Waals surface area (Å²) in [6.07, 6.45) is 4.25. The van der Waals surface area contributed by atoms with E-state index in [2.05, 4.69) is 44.8 Å². The Bertz CT molecular complexity index is 281. The van der Waals surface area contributed by atoms with E-state index in [1.54, 1.807) is 0 Å². The summed E-state index contributed by atoms with van der Waals surface area (Å²) in [4.78, 5) is 14.3. The van der Waals surface area contributed by atoms with Gasteiger partial charge in [0.2, 0.25) is 5.91 Å². The lowest BCUT2D eigenvalue weighted by Crippen LogP contribution is -2.40. The summed E-state index contributed by atoms with van der Waals surface area (Å²) in [5, 5.41) is 3.39. The minimum atomic E-state index is 0.0990. The van der Waals surface area contributed by atoms with Crippen LogP contribution in [0, 0.1) is 11.8 Å². The normalized spacial score (nSPS) is 21.6. The highest BCUT2D eigenvalue weighted by Crippen LogP contribution is 2.24. The first-order valence-corrected chi connectivity index (χ1v) is 7.82. The quantitative estimate of drug-likeness (QED) is 0.850. The van der Waals surface area contributed by atoms with Crippen LogP contribution in [0.1, 0.15) is 60.3 Å². The number of carbonyl (C=O) groups excluding carboxylic acids is 1. The maximum absolute atomic E-state index is 12.2. The Labute approximate surface area is 119 Å². The fraction of sp³-hybridized carbons (Fsp3) is 0.938. The SMILES string of the molecule is CC(C)C1CCCN(C(=O)CCNC(C)(C)C)CC1. The molecule has 1 aliphatic rings. The van der Waals surface area contributed by atoms with Gasteiger partial charge in [-0.05, 0) is 51.9 Å². The van der Waals surface area contributed by atoms with E-state index < -0.39 is 0 Å². The summed E-state index contributed by atoms with van der Waals surface area (Å²) in [5.41, 5.74) is 0.0990. The molecule has 0 spiro atoms. The van der Waals surface area contributed by atoms with E-state index >= 15 is 0 Å². The average Bonchev–Trinajstić information content (AvgIpc) is 2.52. The first-order chi connectivity index (χ1) is 8.79. The predicted octanol–water partition coefficient (Wildman–Crippen LogP) is 3.05. The molecule has 112 valence electrons. The van der Waals surface area contributed by atoms with Gasteiger partial charge in [0.15, 0.2) is 0 Å². The summed E-state index contributed by atoms with van der Waals surface area (Å²) in [5.74, 6) is 1.87. The molecule has 0 bridgehead atoms. The largest absolute Gasteiger partial charge is 0.343 e. The Morgan fingerprint density at radius 2 is 1.95 bits per heavy atom. The van der Waals surface area contributed by atoms with E-state index in [4.69, 9.17) is 0 Å². The smallest absolute Gasteiger partial charge is 0.223 e. The van der Waals surface area contributed by atoms with Crippen molar-refractivity contribution in [1.29, 1.82) is 0 Å². The van der Waals surface area contributed by atoms with E-state index in [1.165, 1.54) is 19.3 Å². The summed E-state index contributed by atoms with van der Waals surface area (Å²) >= 11 is 0. The molecule has 0 radical (unpaired) electrons. The van der Waals surface area contributed by atoms with Gasteiger partial charge in [-0.15, -0.1) is 0 Å². The molecule has 1 rings (SSSR count). The zero-order valence-electron chi connectivity index (χ0n) is 13.5. The van der Waals surface area contributed by atoms with E-state index in [-0.39, 0.29) is 5.54 Å². The van der Waals surface area contributed by atoms with Gasteiger partial charge in [-0.1, -0.05) is 13.8 Å². The monoisotopic (exact) mass is 268 g/mol. The molecule has 1 fully saturated rings. The number of likely N-dealkylation sites (tertiary alicyclic amines) is 1. The molecule has 0 aromatic heterocycles. The zero-order valence-corrected chi connectivity index (χ0v) is 13.5. The fourth-order valence-corrected chi connectivity index (χ4v) is 2.74. The van der Waals surface area contributed by atoms with Crippen LogP contribution in [0.5, 0.6) is 0 Å². The summed E-state index contributed by atoms with van der Waals surface area (Å²) in [7, 11) is 0. The van der Waals surface area contributed by atoms with E-state index in [0.717, 1.165) is 31.5 Å². The Balaban J connectivity index is 2.33. The van der Waals surface area contributed by atoms with Crippen LogP contribution in [0.3, 0.4) is 0 Å². The Morgan fingerprint density at radius 3 is 2.53 bits per heavy atom. The van der Waals surface area contributed by atoms with Crippen molar-refractivity contribution in [1.82, 2.24) is 10.2 Å². The van der Waals surface area contributed by atoms with Crippen LogP contribution in [0.25, 0.3) is 0 Å². The first kappa shape index (κ1) is 16.5. The van der Waals surface area contributed by atoms with Crippen molar-refractivity contribution in [3.63, 3.8) is 0 Å². The Morgan fingerprint density at radius 1 is 1.26 bits per heavy atom. The number of nitrogens with zero attached hydrogens (tertiary/aromatic N) is 1. The highest BCUT2D eigenvalue weighted by Gasteiger charge is 2.22. The maximum atomic E-state index is 12.2. The highest BCUT2D eigenvalue weighted by atomic mass is 16.2. The van der Waals surface area contributed by atoms with Crippen LogP contribution in [0.15, 0.2) is 0 Å². The molecule has 1 amide bonds. The molecule has 1 N–H and O–H groups in total. The van der Waals surface area contributed by atoms with Crippen LogP contribution in [0.2, 0.25) is 0 Å². The standard InChI is InChI=1S/C16H32N2O/c1-13(2)14-7-6-11-18(12-9-14)15(19)8-10-17-16(3,4)5/h13-14,17H,6-12H2,1-5H3. The van der Waals surface area contributed by atoms with Crippen molar-refractivity contribution >= 4 is 5.91 Å². The van der Waals surface area contributed by atoms with Crippen LogP contribution in [-0.2, 0) is 4.79 Å². The average molecular weight is 268 g/mol. The van der Waals surface area contributed by atoms with Crippen LogP contribution >= 0.6 is 0 Å². The molecule has 1 aliphatic heterocycles. The van der Waals surface area contributed by atoms with Gasteiger partial charge in [-0.2, -0.15) is 0 Å². The highest BCUT2D eigenvalue weighted by molar-refractivity contribution is 5.76. The second kappa shape index (κ2) is 7.28. The van der Waals surface area contributed by atoms with Crippen LogP contribution in [-0.4, -0.2) is 36.0 Å². The fourth-order valence-electron chi connectivity index (χ4n) is 2.74. The molecule has 3 nitrogen and oxygen atoms in total. The zero-order chi connectivity index (χ0) is 14.5. The van der Waals surface area contributed by atoms with Gasteiger partial charge in [0, 0.05) is 31.6 Å². The van der Waals surface area contributed by atoms with Crippen molar-refractivity contribution < 1.29 is 4.79 Å². The van der Waals surface area contributed by atoms with Gasteiger partial charge in [-0.3, -0.25) is 4.79 Å². The topological polar surface area (TPSA) is 32.3 Å². The third-order valence-corrected chi connectivity index (χ3v) is 4.06. The lowest BCUT2D eigenvalue weighted by atomic mass is 9.89. The Hall–Kier alpha value is -0.570. The summed E-state index contributed by atoms with van der Waals surface area (Å²) < 4.78 is 0. The summed E-state index contributed by atoms with van der Waals surface area (Å²) in [6.45, 7) is 13.7. The van der Waals surface area contributed by atoms with Gasteiger partial charge in [0.25, 0.3) is 0 Å². The Kier molecular flexibility index (Phi) is 6.31. The third-order valence-electron chi connectivity index (χ3n) is 4.06. The number of amides is 1. The predicted molar refractivity (Wildman–Crippen MR) is 81.1 cm³/mol. The molecule has 3 heteroatoms. The van der Waals surface area contributed by atoms with Gasteiger partial charge >= 0.3 is 0 Å². The summed E-state index contributed by atoms with van der Waals surface area (Å²) in [6, 6.07) is 0. The number of nitrogens with one attached hydrogen (secondary N) is 1. The molecule has 0 aromatic carbocycles. The van der Waals surface area contributed by atoms with Crippen molar-refractivity contribution in [3.05, 3.63) is 0 Å². The molecule has 19 heavy (non-hydrogen) atoms. The van der Waals surface area contributed by atoms with Gasteiger partial charge < -0.3 is 10.2 Å². The number of hydrogen-bond acceptors (Lipinski definition) is 2. The molecule has 0 aliphatic carbocycles. The lowest BCUT2D eigenvalue weighted by molar-refractivity contribution is -0.131. The minimum Gasteiger partial charge on any atom is -0.343 e. The van der Waals surface area contributed by atoms with Gasteiger partial charge in [-0.25, -0.2) is 0 Å².